The number of thioether (sulfide) groups is 1. The van der Waals surface area contributed by atoms with Crippen molar-refractivity contribution < 1.29 is 4.79 Å². The summed E-state index contributed by atoms with van der Waals surface area (Å²) in [5, 5.41) is 8.84. The van der Waals surface area contributed by atoms with Crippen LogP contribution in [0.1, 0.15) is 24.4 Å². The average molecular weight is 292 g/mol. The molecule has 2 aromatic rings. The van der Waals surface area contributed by atoms with Gasteiger partial charge in [-0.2, -0.15) is 5.10 Å². The molecule has 0 aliphatic rings. The Hall–Kier alpha value is -2.02. The van der Waals surface area contributed by atoms with Crippen molar-refractivity contribution in [3.63, 3.8) is 0 Å². The van der Waals surface area contributed by atoms with E-state index in [0.29, 0.717) is 11.6 Å². The van der Waals surface area contributed by atoms with Crippen LogP contribution in [-0.4, -0.2) is 26.8 Å². The molecule has 6 nitrogen and oxygen atoms in total. The van der Waals surface area contributed by atoms with E-state index < -0.39 is 0 Å². The Balaban J connectivity index is 1.87. The largest absolute Gasteiger partial charge is 0.346 e. The number of rotatable bonds is 5. The van der Waals surface area contributed by atoms with Crippen molar-refractivity contribution in [3.8, 4) is 0 Å². The zero-order valence-corrected chi connectivity index (χ0v) is 12.1. The Bertz CT molecular complexity index is 650. The summed E-state index contributed by atoms with van der Waals surface area (Å²) in [6.07, 6.45) is 0. The third-order valence-electron chi connectivity index (χ3n) is 2.76. The lowest BCUT2D eigenvalue weighted by Gasteiger charge is -2.11. The number of hydrogen-bond donors (Lipinski definition) is 3. The summed E-state index contributed by atoms with van der Waals surface area (Å²) in [4.78, 5) is 26.4. The lowest BCUT2D eigenvalue weighted by molar-refractivity contribution is -0.119. The summed E-state index contributed by atoms with van der Waals surface area (Å²) in [5.74, 6) is 0.642. The van der Waals surface area contributed by atoms with E-state index in [-0.39, 0.29) is 17.6 Å². The molecule has 1 aromatic heterocycles. The number of hydrogen-bond acceptors (Lipinski definition) is 4. The van der Waals surface area contributed by atoms with E-state index >= 15 is 0 Å². The number of aromatic amines is 2. The molecule has 0 aliphatic carbocycles. The standard InChI is InChI=1S/C13H16N4O2S/c1-8-5-3-4-6-10(8)20-7-11(18)14-9(2)12-15-13(19)17-16-12/h3-6,9H,7H2,1-2H3,(H,14,18)(H2,15,16,17,19)/t9-/m0/s1. The lowest BCUT2D eigenvalue weighted by atomic mass is 10.2. The van der Waals surface area contributed by atoms with Gasteiger partial charge in [0.2, 0.25) is 5.91 Å². The fourth-order valence-electron chi connectivity index (χ4n) is 1.70. The number of nitrogens with one attached hydrogen (secondary N) is 3. The number of nitrogens with zero attached hydrogens (tertiary/aromatic N) is 1. The number of aromatic nitrogens is 3. The number of aryl methyl sites for hydroxylation is 1. The number of amides is 1. The van der Waals surface area contributed by atoms with Crippen LogP contribution in [0.25, 0.3) is 0 Å². The van der Waals surface area contributed by atoms with E-state index in [1.54, 1.807) is 6.92 Å². The van der Waals surface area contributed by atoms with E-state index in [1.807, 2.05) is 31.2 Å². The maximum atomic E-state index is 11.9. The molecular formula is C13H16N4O2S. The fourth-order valence-corrected chi connectivity index (χ4v) is 2.54. The van der Waals surface area contributed by atoms with Gasteiger partial charge >= 0.3 is 5.69 Å². The van der Waals surface area contributed by atoms with Crippen molar-refractivity contribution in [1.82, 2.24) is 20.5 Å². The molecule has 2 rings (SSSR count). The highest BCUT2D eigenvalue weighted by Gasteiger charge is 2.13. The van der Waals surface area contributed by atoms with Crippen LogP contribution in [0.5, 0.6) is 0 Å². The van der Waals surface area contributed by atoms with Gasteiger partial charge in [0.15, 0.2) is 5.82 Å². The second-order valence-corrected chi connectivity index (χ2v) is 5.42. The molecule has 7 heteroatoms. The van der Waals surface area contributed by atoms with Gasteiger partial charge in [-0.05, 0) is 25.5 Å². The molecule has 0 bridgehead atoms. The van der Waals surface area contributed by atoms with E-state index in [2.05, 4.69) is 20.5 Å². The fraction of sp³-hybridized carbons (Fsp3) is 0.308. The van der Waals surface area contributed by atoms with Gasteiger partial charge in [-0.3, -0.25) is 9.78 Å². The lowest BCUT2D eigenvalue weighted by Crippen LogP contribution is -2.29. The Labute approximate surface area is 120 Å². The Morgan fingerprint density at radius 2 is 2.20 bits per heavy atom. The van der Waals surface area contributed by atoms with E-state index in [4.69, 9.17) is 0 Å². The molecule has 1 amide bonds. The van der Waals surface area contributed by atoms with E-state index in [1.165, 1.54) is 11.8 Å². The molecule has 1 heterocycles. The molecule has 0 spiro atoms. The first-order valence-corrected chi connectivity index (χ1v) is 7.17. The molecular weight excluding hydrogens is 276 g/mol. The van der Waals surface area contributed by atoms with Crippen molar-refractivity contribution in [1.29, 1.82) is 0 Å². The van der Waals surface area contributed by atoms with Crippen LogP contribution in [0, 0.1) is 6.92 Å². The maximum absolute atomic E-state index is 11.9. The third-order valence-corrected chi connectivity index (χ3v) is 3.94. The summed E-state index contributed by atoms with van der Waals surface area (Å²) >= 11 is 1.49. The monoisotopic (exact) mass is 292 g/mol. The van der Waals surface area contributed by atoms with E-state index in [9.17, 15) is 9.59 Å². The molecule has 20 heavy (non-hydrogen) atoms. The molecule has 1 aromatic carbocycles. The van der Waals surface area contributed by atoms with Gasteiger partial charge in [0.25, 0.3) is 0 Å². The summed E-state index contributed by atoms with van der Waals surface area (Å²) in [6, 6.07) is 7.58. The minimum absolute atomic E-state index is 0.102. The van der Waals surface area contributed by atoms with Crippen LogP contribution in [0.3, 0.4) is 0 Å². The van der Waals surface area contributed by atoms with Gasteiger partial charge in [0.1, 0.15) is 0 Å². The van der Waals surface area contributed by atoms with Crippen LogP contribution >= 0.6 is 11.8 Å². The second kappa shape index (κ2) is 6.42. The molecule has 0 aliphatic heterocycles. The number of carbonyl (C=O) groups is 1. The van der Waals surface area contributed by atoms with Gasteiger partial charge in [0, 0.05) is 4.90 Å². The van der Waals surface area contributed by atoms with Crippen LogP contribution < -0.4 is 11.0 Å². The summed E-state index contributed by atoms with van der Waals surface area (Å²) in [6.45, 7) is 3.78. The van der Waals surface area contributed by atoms with Crippen LogP contribution in [-0.2, 0) is 4.79 Å². The quantitative estimate of drug-likeness (QED) is 0.726. The minimum Gasteiger partial charge on any atom is -0.346 e. The average Bonchev–Trinajstić information content (AvgIpc) is 2.84. The van der Waals surface area contributed by atoms with Gasteiger partial charge in [0.05, 0.1) is 11.8 Å². The highest BCUT2D eigenvalue weighted by atomic mass is 32.2. The molecule has 1 atom stereocenters. The molecule has 0 fully saturated rings. The summed E-state index contributed by atoms with van der Waals surface area (Å²) in [7, 11) is 0. The predicted molar refractivity (Wildman–Crippen MR) is 77.7 cm³/mol. The van der Waals surface area contributed by atoms with Crippen molar-refractivity contribution in [2.24, 2.45) is 0 Å². The number of carbonyl (C=O) groups excluding carboxylic acids is 1. The Kier molecular flexibility index (Phi) is 4.62. The molecule has 0 saturated heterocycles. The zero-order chi connectivity index (χ0) is 14.5. The highest BCUT2D eigenvalue weighted by Crippen LogP contribution is 2.21. The molecule has 0 saturated carbocycles. The first-order valence-electron chi connectivity index (χ1n) is 6.18. The van der Waals surface area contributed by atoms with Crippen LogP contribution in [0.15, 0.2) is 34.0 Å². The van der Waals surface area contributed by atoms with Crippen molar-refractivity contribution in [2.45, 2.75) is 24.8 Å². The summed E-state index contributed by atoms with van der Waals surface area (Å²) in [5.41, 5.74) is 0.769. The normalized spacial score (nSPS) is 12.1. The maximum Gasteiger partial charge on any atom is 0.340 e. The first-order chi connectivity index (χ1) is 9.56. The van der Waals surface area contributed by atoms with Gasteiger partial charge in [-0.25, -0.2) is 9.89 Å². The third kappa shape index (κ3) is 3.74. The molecule has 0 unspecified atom stereocenters. The predicted octanol–water partition coefficient (Wildman–Crippen LogP) is 1.38. The second-order valence-electron chi connectivity index (χ2n) is 4.41. The van der Waals surface area contributed by atoms with Gasteiger partial charge in [-0.15, -0.1) is 11.8 Å². The Morgan fingerprint density at radius 1 is 1.45 bits per heavy atom. The number of H-pyrrole nitrogens is 2. The van der Waals surface area contributed by atoms with Crippen LogP contribution in [0.4, 0.5) is 0 Å². The smallest absolute Gasteiger partial charge is 0.340 e. The minimum atomic E-state index is -0.379. The van der Waals surface area contributed by atoms with Crippen molar-refractivity contribution in [2.75, 3.05) is 5.75 Å². The SMILES string of the molecule is Cc1ccccc1SCC(=O)N[C@@H](C)c1n[nH]c(=O)[nH]1. The zero-order valence-electron chi connectivity index (χ0n) is 11.3. The van der Waals surface area contributed by atoms with Crippen molar-refractivity contribution in [3.05, 3.63) is 46.1 Å². The molecule has 0 radical (unpaired) electrons. The first kappa shape index (κ1) is 14.4. The molecule has 106 valence electrons. The number of benzene rings is 1. The van der Waals surface area contributed by atoms with Crippen LogP contribution in [0.2, 0.25) is 0 Å². The Morgan fingerprint density at radius 3 is 2.85 bits per heavy atom. The molecule has 3 N–H and O–H groups in total. The van der Waals surface area contributed by atoms with Crippen molar-refractivity contribution >= 4 is 17.7 Å². The van der Waals surface area contributed by atoms with Gasteiger partial charge in [-0.1, -0.05) is 18.2 Å². The topological polar surface area (TPSA) is 90.6 Å². The van der Waals surface area contributed by atoms with Gasteiger partial charge < -0.3 is 5.32 Å². The summed E-state index contributed by atoms with van der Waals surface area (Å²) < 4.78 is 0. The highest BCUT2D eigenvalue weighted by molar-refractivity contribution is 8.00. The van der Waals surface area contributed by atoms with E-state index in [0.717, 1.165) is 10.5 Å².